The van der Waals surface area contributed by atoms with E-state index in [1.807, 2.05) is 6.07 Å². The van der Waals surface area contributed by atoms with Gasteiger partial charge in [-0.05, 0) is 19.1 Å². The smallest absolute Gasteiger partial charge is 0.352 e. The molecule has 0 fully saturated rings. The van der Waals surface area contributed by atoms with Crippen LogP contribution in [0.2, 0.25) is 5.02 Å². The van der Waals surface area contributed by atoms with E-state index in [1.165, 1.54) is 12.1 Å². The van der Waals surface area contributed by atoms with Gasteiger partial charge in [0.05, 0.1) is 11.6 Å². The van der Waals surface area contributed by atoms with E-state index in [4.69, 9.17) is 21.1 Å². The zero-order valence-corrected chi connectivity index (χ0v) is 12.1. The molecule has 2 rings (SSSR count). The van der Waals surface area contributed by atoms with Crippen molar-refractivity contribution < 1.29 is 18.7 Å². The Morgan fingerprint density at radius 2 is 1.95 bits per heavy atom. The van der Waals surface area contributed by atoms with Gasteiger partial charge < -0.3 is 9.47 Å². The highest BCUT2D eigenvalue weighted by Gasteiger charge is 2.24. The molecule has 0 aliphatic rings. The third-order valence-corrected chi connectivity index (χ3v) is 3.05. The lowest BCUT2D eigenvalue weighted by atomic mass is 10.1. The van der Waals surface area contributed by atoms with E-state index < -0.39 is 17.9 Å². The highest BCUT2D eigenvalue weighted by atomic mass is 35.5. The second-order valence-corrected chi connectivity index (χ2v) is 4.64. The summed E-state index contributed by atoms with van der Waals surface area (Å²) in [5.41, 5.74) is 0.631. The molecule has 110 valence electrons. The fourth-order valence-electron chi connectivity index (χ4n) is 1.78. The highest BCUT2D eigenvalue weighted by molar-refractivity contribution is 6.30. The molecule has 0 saturated carbocycles. The third-order valence-electron chi connectivity index (χ3n) is 2.75. The number of halogens is 2. The minimum atomic E-state index is -0.952. The van der Waals surface area contributed by atoms with Crippen LogP contribution in [0.25, 0.3) is 0 Å². The first-order chi connectivity index (χ1) is 10.1. The lowest BCUT2D eigenvalue weighted by Crippen LogP contribution is -2.21. The summed E-state index contributed by atoms with van der Waals surface area (Å²) in [6, 6.07) is 12.9. The quantitative estimate of drug-likeness (QED) is 0.778. The van der Waals surface area contributed by atoms with Gasteiger partial charge >= 0.3 is 5.97 Å². The van der Waals surface area contributed by atoms with Crippen LogP contribution in [-0.2, 0) is 9.53 Å². The maximum absolute atomic E-state index is 13.5. The summed E-state index contributed by atoms with van der Waals surface area (Å²) in [6.07, 6.45) is -0.952. The minimum Gasteiger partial charge on any atom is -0.474 e. The van der Waals surface area contributed by atoms with E-state index in [1.54, 1.807) is 31.2 Å². The number of carbonyl (C=O) groups excluding carboxylic acids is 1. The number of hydrogen-bond acceptors (Lipinski definition) is 3. The predicted octanol–water partition coefficient (Wildman–Crippen LogP) is 4.16. The van der Waals surface area contributed by atoms with Gasteiger partial charge in [-0.25, -0.2) is 9.18 Å². The first kappa shape index (κ1) is 15.3. The first-order valence-electron chi connectivity index (χ1n) is 6.45. The Hall–Kier alpha value is -2.07. The minimum absolute atomic E-state index is 0.00486. The summed E-state index contributed by atoms with van der Waals surface area (Å²) in [5, 5.41) is -0.00486. The zero-order chi connectivity index (χ0) is 15.2. The summed E-state index contributed by atoms with van der Waals surface area (Å²) in [4.78, 5) is 12.0. The third kappa shape index (κ3) is 3.95. The molecule has 2 aromatic carbocycles. The molecular formula is C16H14ClFO3. The molecular weight excluding hydrogens is 295 g/mol. The Labute approximate surface area is 127 Å². The van der Waals surface area contributed by atoms with Gasteiger partial charge in [0, 0.05) is 11.6 Å². The van der Waals surface area contributed by atoms with E-state index in [0.29, 0.717) is 5.56 Å². The summed E-state index contributed by atoms with van der Waals surface area (Å²) in [5.74, 6) is -0.928. The Bertz CT molecular complexity index is 616. The van der Waals surface area contributed by atoms with Gasteiger partial charge in [0.2, 0.25) is 6.10 Å². The SMILES string of the molecule is CCOC(=O)C(Oc1ccc(Cl)c(F)c1)c1ccccc1. The van der Waals surface area contributed by atoms with Gasteiger partial charge in [-0.3, -0.25) is 0 Å². The largest absolute Gasteiger partial charge is 0.474 e. The highest BCUT2D eigenvalue weighted by Crippen LogP contribution is 2.26. The fraction of sp³-hybridized carbons (Fsp3) is 0.188. The number of esters is 1. The maximum Gasteiger partial charge on any atom is 0.352 e. The molecule has 0 bridgehead atoms. The number of benzene rings is 2. The maximum atomic E-state index is 13.5. The second-order valence-electron chi connectivity index (χ2n) is 4.24. The van der Waals surface area contributed by atoms with Crippen LogP contribution in [0.1, 0.15) is 18.6 Å². The van der Waals surface area contributed by atoms with Crippen molar-refractivity contribution in [3.63, 3.8) is 0 Å². The molecule has 0 aliphatic heterocycles. The Morgan fingerprint density at radius 1 is 1.24 bits per heavy atom. The van der Waals surface area contributed by atoms with Crippen molar-refractivity contribution in [1.29, 1.82) is 0 Å². The molecule has 0 aromatic heterocycles. The molecule has 5 heteroatoms. The standard InChI is InChI=1S/C16H14ClFO3/c1-2-20-16(19)15(11-6-4-3-5-7-11)21-12-8-9-13(17)14(18)10-12/h3-10,15H,2H2,1H3. The summed E-state index contributed by atoms with van der Waals surface area (Å²) in [6.45, 7) is 1.95. The number of ether oxygens (including phenoxy) is 2. The van der Waals surface area contributed by atoms with Gasteiger partial charge in [0.25, 0.3) is 0 Å². The molecule has 0 aliphatic carbocycles. The second kappa shape index (κ2) is 7.09. The molecule has 2 aromatic rings. The van der Waals surface area contributed by atoms with Gasteiger partial charge in [0.1, 0.15) is 11.6 Å². The molecule has 0 amide bonds. The van der Waals surface area contributed by atoms with Crippen LogP contribution in [0.5, 0.6) is 5.75 Å². The zero-order valence-electron chi connectivity index (χ0n) is 11.4. The number of rotatable bonds is 5. The monoisotopic (exact) mass is 308 g/mol. The van der Waals surface area contributed by atoms with Gasteiger partial charge in [-0.2, -0.15) is 0 Å². The average Bonchev–Trinajstić information content (AvgIpc) is 2.49. The van der Waals surface area contributed by atoms with Crippen LogP contribution in [0.15, 0.2) is 48.5 Å². The van der Waals surface area contributed by atoms with Crippen LogP contribution >= 0.6 is 11.6 Å². The summed E-state index contributed by atoms with van der Waals surface area (Å²) >= 11 is 5.62. The van der Waals surface area contributed by atoms with E-state index in [0.717, 1.165) is 6.07 Å². The predicted molar refractivity (Wildman–Crippen MR) is 77.9 cm³/mol. The number of carbonyl (C=O) groups is 1. The molecule has 0 heterocycles. The van der Waals surface area contributed by atoms with Crippen molar-refractivity contribution in [3.05, 3.63) is 64.9 Å². The first-order valence-corrected chi connectivity index (χ1v) is 6.83. The molecule has 3 nitrogen and oxygen atoms in total. The van der Waals surface area contributed by atoms with Gasteiger partial charge in [-0.15, -0.1) is 0 Å². The summed E-state index contributed by atoms with van der Waals surface area (Å²) in [7, 11) is 0. The van der Waals surface area contributed by atoms with Crippen molar-refractivity contribution >= 4 is 17.6 Å². The lowest BCUT2D eigenvalue weighted by Gasteiger charge is -2.18. The van der Waals surface area contributed by atoms with Crippen molar-refractivity contribution in [1.82, 2.24) is 0 Å². The van der Waals surface area contributed by atoms with E-state index in [2.05, 4.69) is 0 Å². The van der Waals surface area contributed by atoms with Crippen molar-refractivity contribution in [2.24, 2.45) is 0 Å². The van der Waals surface area contributed by atoms with E-state index in [-0.39, 0.29) is 17.4 Å². The van der Waals surface area contributed by atoms with Crippen molar-refractivity contribution in [2.45, 2.75) is 13.0 Å². The Morgan fingerprint density at radius 3 is 2.57 bits per heavy atom. The van der Waals surface area contributed by atoms with Crippen molar-refractivity contribution in [3.8, 4) is 5.75 Å². The molecule has 0 spiro atoms. The van der Waals surface area contributed by atoms with Crippen LogP contribution in [0.3, 0.4) is 0 Å². The molecule has 0 radical (unpaired) electrons. The molecule has 21 heavy (non-hydrogen) atoms. The molecule has 0 saturated heterocycles. The van der Waals surface area contributed by atoms with Gasteiger partial charge in [0.15, 0.2) is 0 Å². The van der Waals surface area contributed by atoms with E-state index >= 15 is 0 Å². The van der Waals surface area contributed by atoms with Crippen LogP contribution in [0, 0.1) is 5.82 Å². The van der Waals surface area contributed by atoms with Crippen molar-refractivity contribution in [2.75, 3.05) is 6.61 Å². The topological polar surface area (TPSA) is 35.5 Å². The molecule has 0 N–H and O–H groups in total. The Kier molecular flexibility index (Phi) is 5.17. The van der Waals surface area contributed by atoms with Crippen LogP contribution < -0.4 is 4.74 Å². The number of hydrogen-bond donors (Lipinski definition) is 0. The van der Waals surface area contributed by atoms with Gasteiger partial charge in [-0.1, -0.05) is 41.9 Å². The normalized spacial score (nSPS) is 11.8. The summed E-state index contributed by atoms with van der Waals surface area (Å²) < 4.78 is 24.0. The van der Waals surface area contributed by atoms with Crippen LogP contribution in [-0.4, -0.2) is 12.6 Å². The Balaban J connectivity index is 2.27. The van der Waals surface area contributed by atoms with Crippen LogP contribution in [0.4, 0.5) is 4.39 Å². The molecule has 1 atom stereocenters. The lowest BCUT2D eigenvalue weighted by molar-refractivity contribution is -0.151. The molecule has 1 unspecified atom stereocenters. The average molecular weight is 309 g/mol. The fourth-order valence-corrected chi connectivity index (χ4v) is 1.90. The van der Waals surface area contributed by atoms with E-state index in [9.17, 15) is 9.18 Å².